The fourth-order valence-electron chi connectivity index (χ4n) is 2.04. The number of benzene rings is 1. The second-order valence-corrected chi connectivity index (χ2v) is 6.73. The van der Waals surface area contributed by atoms with E-state index in [1.165, 1.54) is 0 Å². The number of nitrogens with zero attached hydrogens (tertiary/aromatic N) is 1. The first-order valence-electron chi connectivity index (χ1n) is 8.91. The fourth-order valence-corrected chi connectivity index (χ4v) is 2.04. The lowest BCUT2D eigenvalue weighted by Crippen LogP contribution is -2.42. The van der Waals surface area contributed by atoms with Crippen molar-refractivity contribution in [3.63, 3.8) is 0 Å². The number of hydrogen-bond acceptors (Lipinski definition) is 4. The van der Waals surface area contributed by atoms with E-state index in [9.17, 15) is 4.79 Å². The van der Waals surface area contributed by atoms with Crippen LogP contribution < -0.4 is 16.0 Å². The summed E-state index contributed by atoms with van der Waals surface area (Å²) in [7, 11) is 1.71. The standard InChI is InChI=1S/C19H32N4O3.HI/c1-6-25-14-16-9-7-15(8-10-16)13-23-17(20-5)21-11-12-22-18(24)26-19(2,3)4;/h7-10H,6,11-14H2,1-5H3,(H,22,24)(H2,20,21,23);1H. The number of hydrogen-bond donors (Lipinski definition) is 3. The van der Waals surface area contributed by atoms with Gasteiger partial charge in [0.2, 0.25) is 0 Å². The Kier molecular flexibility index (Phi) is 12.8. The number of amides is 1. The summed E-state index contributed by atoms with van der Waals surface area (Å²) in [6.45, 7) is 10.5. The van der Waals surface area contributed by atoms with Crippen molar-refractivity contribution in [2.75, 3.05) is 26.7 Å². The van der Waals surface area contributed by atoms with Gasteiger partial charge in [0.25, 0.3) is 0 Å². The van der Waals surface area contributed by atoms with Crippen LogP contribution in [-0.4, -0.2) is 44.4 Å². The lowest BCUT2D eigenvalue weighted by molar-refractivity contribution is 0.0529. The molecule has 0 unspecified atom stereocenters. The van der Waals surface area contributed by atoms with Gasteiger partial charge in [0, 0.05) is 33.3 Å². The number of halogens is 1. The monoisotopic (exact) mass is 492 g/mol. The van der Waals surface area contributed by atoms with Gasteiger partial charge in [0.1, 0.15) is 5.60 Å². The summed E-state index contributed by atoms with van der Waals surface area (Å²) in [5, 5.41) is 9.08. The zero-order valence-corrected chi connectivity index (χ0v) is 19.3. The molecular formula is C19H33IN4O3. The highest BCUT2D eigenvalue weighted by molar-refractivity contribution is 14.0. The van der Waals surface area contributed by atoms with Crippen molar-refractivity contribution in [3.05, 3.63) is 35.4 Å². The first kappa shape index (κ1) is 25.4. The van der Waals surface area contributed by atoms with Crippen LogP contribution >= 0.6 is 24.0 Å². The predicted molar refractivity (Wildman–Crippen MR) is 120 cm³/mol. The summed E-state index contributed by atoms with van der Waals surface area (Å²) in [4.78, 5) is 15.7. The van der Waals surface area contributed by atoms with Gasteiger partial charge < -0.3 is 25.4 Å². The molecule has 0 aliphatic carbocycles. The molecule has 7 nitrogen and oxygen atoms in total. The molecule has 3 N–H and O–H groups in total. The average molecular weight is 492 g/mol. The third-order valence-electron chi connectivity index (χ3n) is 3.27. The van der Waals surface area contributed by atoms with Crippen molar-refractivity contribution in [3.8, 4) is 0 Å². The van der Waals surface area contributed by atoms with Crippen molar-refractivity contribution in [1.82, 2.24) is 16.0 Å². The van der Waals surface area contributed by atoms with Crippen LogP contribution in [0.4, 0.5) is 4.79 Å². The van der Waals surface area contributed by atoms with E-state index in [2.05, 4.69) is 45.2 Å². The van der Waals surface area contributed by atoms with Crippen LogP contribution in [-0.2, 0) is 22.6 Å². The maximum absolute atomic E-state index is 11.6. The van der Waals surface area contributed by atoms with Gasteiger partial charge in [-0.25, -0.2) is 4.79 Å². The van der Waals surface area contributed by atoms with Crippen LogP contribution in [0.15, 0.2) is 29.3 Å². The van der Waals surface area contributed by atoms with E-state index in [0.717, 1.165) is 11.1 Å². The minimum Gasteiger partial charge on any atom is -0.444 e. The Morgan fingerprint density at radius 2 is 1.63 bits per heavy atom. The van der Waals surface area contributed by atoms with E-state index in [4.69, 9.17) is 9.47 Å². The smallest absolute Gasteiger partial charge is 0.407 e. The Hall–Kier alpha value is -1.55. The van der Waals surface area contributed by atoms with Gasteiger partial charge in [-0.1, -0.05) is 24.3 Å². The molecule has 0 aliphatic heterocycles. The van der Waals surface area contributed by atoms with Gasteiger partial charge in [0.15, 0.2) is 5.96 Å². The number of alkyl carbamates (subject to hydrolysis) is 1. The lowest BCUT2D eigenvalue weighted by Gasteiger charge is -2.20. The molecule has 0 saturated carbocycles. The van der Waals surface area contributed by atoms with Crippen molar-refractivity contribution < 1.29 is 14.3 Å². The van der Waals surface area contributed by atoms with Crippen LogP contribution in [0.2, 0.25) is 0 Å². The Morgan fingerprint density at radius 3 is 2.19 bits per heavy atom. The molecule has 27 heavy (non-hydrogen) atoms. The number of nitrogens with one attached hydrogen (secondary N) is 3. The molecule has 8 heteroatoms. The summed E-state index contributed by atoms with van der Waals surface area (Å²) >= 11 is 0. The summed E-state index contributed by atoms with van der Waals surface area (Å²) in [6.07, 6.45) is -0.422. The number of rotatable bonds is 8. The first-order valence-corrected chi connectivity index (χ1v) is 8.91. The van der Waals surface area contributed by atoms with Crippen LogP contribution in [0.5, 0.6) is 0 Å². The van der Waals surface area contributed by atoms with E-state index >= 15 is 0 Å². The maximum atomic E-state index is 11.6. The normalized spacial score (nSPS) is 11.4. The number of guanidine groups is 1. The highest BCUT2D eigenvalue weighted by atomic mass is 127. The third kappa shape index (κ3) is 12.5. The van der Waals surface area contributed by atoms with Gasteiger partial charge >= 0.3 is 6.09 Å². The Bertz CT molecular complexity index is 571. The van der Waals surface area contributed by atoms with Gasteiger partial charge in [-0.15, -0.1) is 24.0 Å². The van der Waals surface area contributed by atoms with E-state index in [1.807, 2.05) is 27.7 Å². The second kappa shape index (κ2) is 13.6. The summed E-state index contributed by atoms with van der Waals surface area (Å²) in [6, 6.07) is 8.26. The van der Waals surface area contributed by atoms with Crippen LogP contribution in [0.1, 0.15) is 38.8 Å². The molecule has 154 valence electrons. The molecule has 1 aromatic rings. The lowest BCUT2D eigenvalue weighted by atomic mass is 10.1. The first-order chi connectivity index (χ1) is 12.3. The number of aliphatic imine (C=N–C) groups is 1. The van der Waals surface area contributed by atoms with Crippen molar-refractivity contribution in [2.24, 2.45) is 4.99 Å². The van der Waals surface area contributed by atoms with E-state index in [-0.39, 0.29) is 24.0 Å². The van der Waals surface area contributed by atoms with Gasteiger partial charge in [-0.3, -0.25) is 4.99 Å². The number of carbonyl (C=O) groups excluding carboxylic acids is 1. The summed E-state index contributed by atoms with van der Waals surface area (Å²) in [5.41, 5.74) is 1.82. The van der Waals surface area contributed by atoms with E-state index in [1.54, 1.807) is 7.05 Å². The quantitative estimate of drug-likeness (QED) is 0.225. The highest BCUT2D eigenvalue weighted by Gasteiger charge is 2.15. The Balaban J connectivity index is 0.00000676. The molecule has 0 spiro atoms. The SMILES string of the molecule is CCOCc1ccc(CNC(=NC)NCCNC(=O)OC(C)(C)C)cc1.I. The van der Waals surface area contributed by atoms with Crippen molar-refractivity contribution in [2.45, 2.75) is 46.4 Å². The molecule has 0 bridgehead atoms. The maximum Gasteiger partial charge on any atom is 0.407 e. The van der Waals surface area contributed by atoms with E-state index in [0.29, 0.717) is 38.8 Å². The molecule has 0 saturated heterocycles. The predicted octanol–water partition coefficient (Wildman–Crippen LogP) is 3.03. The molecule has 0 aromatic heterocycles. The summed E-state index contributed by atoms with van der Waals surface area (Å²) in [5.74, 6) is 0.675. The topological polar surface area (TPSA) is 84.0 Å². The molecule has 0 heterocycles. The molecular weight excluding hydrogens is 459 g/mol. The van der Waals surface area contributed by atoms with Crippen molar-refractivity contribution in [1.29, 1.82) is 0 Å². The summed E-state index contributed by atoms with van der Waals surface area (Å²) < 4.78 is 10.6. The van der Waals surface area contributed by atoms with Crippen LogP contribution in [0, 0.1) is 0 Å². The zero-order valence-electron chi connectivity index (χ0n) is 16.9. The molecule has 1 amide bonds. The number of carbonyl (C=O) groups is 1. The molecule has 0 aliphatic rings. The van der Waals surface area contributed by atoms with Gasteiger partial charge in [-0.2, -0.15) is 0 Å². The van der Waals surface area contributed by atoms with Gasteiger partial charge in [0.05, 0.1) is 6.61 Å². The van der Waals surface area contributed by atoms with Gasteiger partial charge in [-0.05, 0) is 38.8 Å². The minimum atomic E-state index is -0.493. The largest absolute Gasteiger partial charge is 0.444 e. The molecule has 0 atom stereocenters. The fraction of sp³-hybridized carbons (Fsp3) is 0.579. The molecule has 0 fully saturated rings. The highest BCUT2D eigenvalue weighted by Crippen LogP contribution is 2.06. The van der Waals surface area contributed by atoms with Crippen LogP contribution in [0.3, 0.4) is 0 Å². The average Bonchev–Trinajstić information content (AvgIpc) is 2.58. The Labute approximate surface area is 179 Å². The molecule has 1 aromatic carbocycles. The minimum absolute atomic E-state index is 0. The third-order valence-corrected chi connectivity index (χ3v) is 3.27. The second-order valence-electron chi connectivity index (χ2n) is 6.73. The van der Waals surface area contributed by atoms with E-state index < -0.39 is 11.7 Å². The van der Waals surface area contributed by atoms with Crippen molar-refractivity contribution >= 4 is 36.0 Å². The zero-order chi connectivity index (χ0) is 19.4. The molecule has 1 rings (SSSR count). The number of ether oxygens (including phenoxy) is 2. The van der Waals surface area contributed by atoms with Crippen LogP contribution in [0.25, 0.3) is 0 Å². The molecule has 0 radical (unpaired) electrons. The Morgan fingerprint density at radius 1 is 1.04 bits per heavy atom.